The lowest BCUT2D eigenvalue weighted by atomic mass is 10.1. The molecule has 0 saturated carbocycles. The molecule has 25 heavy (non-hydrogen) atoms. The number of thioether (sulfide) groups is 1. The number of hydrogen-bond donors (Lipinski definition) is 2. The van der Waals surface area contributed by atoms with Crippen LogP contribution in [0.4, 0.5) is 5.69 Å². The SMILES string of the molecule is C=CC(=O)Nc1ccc(C(=O)N2CSCC2C(=O)NC(C)(C)C)cc1. The first-order valence-corrected chi connectivity index (χ1v) is 9.11. The lowest BCUT2D eigenvalue weighted by Gasteiger charge is -2.27. The Kier molecular flexibility index (Phi) is 5.89. The predicted molar refractivity (Wildman–Crippen MR) is 100 cm³/mol. The number of carbonyl (C=O) groups is 3. The normalized spacial score (nSPS) is 17.1. The molecule has 1 aromatic carbocycles. The van der Waals surface area contributed by atoms with Gasteiger partial charge in [-0.15, -0.1) is 11.8 Å². The second-order valence-electron chi connectivity index (χ2n) is 6.80. The maximum Gasteiger partial charge on any atom is 0.255 e. The number of anilines is 1. The van der Waals surface area contributed by atoms with Crippen LogP contribution < -0.4 is 10.6 Å². The molecule has 0 aromatic heterocycles. The van der Waals surface area contributed by atoms with E-state index in [1.807, 2.05) is 20.8 Å². The Bertz CT molecular complexity index is 680. The van der Waals surface area contributed by atoms with Crippen molar-refractivity contribution < 1.29 is 14.4 Å². The summed E-state index contributed by atoms with van der Waals surface area (Å²) < 4.78 is 0. The lowest BCUT2D eigenvalue weighted by Crippen LogP contribution is -2.52. The molecule has 1 saturated heterocycles. The molecule has 1 aliphatic heterocycles. The van der Waals surface area contributed by atoms with Gasteiger partial charge in [-0.1, -0.05) is 6.58 Å². The van der Waals surface area contributed by atoms with Gasteiger partial charge in [0.15, 0.2) is 0 Å². The van der Waals surface area contributed by atoms with Gasteiger partial charge in [-0.3, -0.25) is 14.4 Å². The van der Waals surface area contributed by atoms with Crippen LogP contribution in [0.5, 0.6) is 0 Å². The zero-order chi connectivity index (χ0) is 18.6. The second-order valence-corrected chi connectivity index (χ2v) is 7.80. The van der Waals surface area contributed by atoms with E-state index in [1.54, 1.807) is 40.9 Å². The third-order valence-corrected chi connectivity index (χ3v) is 4.54. The monoisotopic (exact) mass is 361 g/mol. The number of carbonyl (C=O) groups excluding carboxylic acids is 3. The molecule has 1 heterocycles. The number of benzene rings is 1. The molecule has 1 fully saturated rings. The molecule has 2 rings (SSSR count). The summed E-state index contributed by atoms with van der Waals surface area (Å²) in [7, 11) is 0. The number of nitrogens with zero attached hydrogens (tertiary/aromatic N) is 1. The van der Waals surface area contributed by atoms with Gasteiger partial charge >= 0.3 is 0 Å². The zero-order valence-electron chi connectivity index (χ0n) is 14.7. The van der Waals surface area contributed by atoms with Gasteiger partial charge in [-0.2, -0.15) is 0 Å². The van der Waals surface area contributed by atoms with E-state index in [2.05, 4.69) is 17.2 Å². The minimum Gasteiger partial charge on any atom is -0.350 e. The van der Waals surface area contributed by atoms with E-state index < -0.39 is 6.04 Å². The van der Waals surface area contributed by atoms with Crippen molar-refractivity contribution in [3.05, 3.63) is 42.5 Å². The van der Waals surface area contributed by atoms with Crippen molar-refractivity contribution in [2.75, 3.05) is 16.9 Å². The lowest BCUT2D eigenvalue weighted by molar-refractivity contribution is -0.125. The molecule has 7 heteroatoms. The van der Waals surface area contributed by atoms with E-state index in [4.69, 9.17) is 0 Å². The first-order chi connectivity index (χ1) is 11.7. The van der Waals surface area contributed by atoms with E-state index in [1.165, 1.54) is 6.08 Å². The van der Waals surface area contributed by atoms with Crippen molar-refractivity contribution in [1.82, 2.24) is 10.2 Å². The average molecular weight is 361 g/mol. The Morgan fingerprint density at radius 2 is 1.88 bits per heavy atom. The van der Waals surface area contributed by atoms with Crippen LogP contribution in [0.3, 0.4) is 0 Å². The van der Waals surface area contributed by atoms with Gasteiger partial charge in [0.2, 0.25) is 11.8 Å². The Labute approximate surface area is 152 Å². The fraction of sp³-hybridized carbons (Fsp3) is 0.389. The summed E-state index contributed by atoms with van der Waals surface area (Å²) in [6, 6.07) is 6.12. The van der Waals surface area contributed by atoms with Gasteiger partial charge in [0.05, 0.1) is 5.88 Å². The average Bonchev–Trinajstić information content (AvgIpc) is 3.03. The fourth-order valence-corrected chi connectivity index (χ4v) is 3.52. The molecular formula is C18H23N3O3S. The highest BCUT2D eigenvalue weighted by atomic mass is 32.2. The van der Waals surface area contributed by atoms with E-state index >= 15 is 0 Å². The van der Waals surface area contributed by atoms with Crippen LogP contribution in [0.1, 0.15) is 31.1 Å². The standard InChI is InChI=1S/C18H23N3O3S/c1-5-15(22)19-13-8-6-12(7-9-13)17(24)21-11-25-10-14(21)16(23)20-18(2,3)4/h5-9,14H,1,10-11H2,2-4H3,(H,19,22)(H,20,23). The maximum atomic E-state index is 12.7. The van der Waals surface area contributed by atoms with Crippen molar-refractivity contribution >= 4 is 35.2 Å². The van der Waals surface area contributed by atoms with E-state index in [0.29, 0.717) is 22.9 Å². The van der Waals surface area contributed by atoms with Gasteiger partial charge in [0.1, 0.15) is 6.04 Å². The van der Waals surface area contributed by atoms with E-state index in [-0.39, 0.29) is 23.3 Å². The van der Waals surface area contributed by atoms with Gasteiger partial charge in [-0.25, -0.2) is 0 Å². The maximum absolute atomic E-state index is 12.7. The topological polar surface area (TPSA) is 78.5 Å². The zero-order valence-corrected chi connectivity index (χ0v) is 15.5. The molecule has 0 aliphatic carbocycles. The Morgan fingerprint density at radius 3 is 2.44 bits per heavy atom. The second kappa shape index (κ2) is 7.74. The first-order valence-electron chi connectivity index (χ1n) is 7.95. The van der Waals surface area contributed by atoms with Crippen molar-refractivity contribution in [3.8, 4) is 0 Å². The Hall–Kier alpha value is -2.28. The van der Waals surface area contributed by atoms with Gasteiger partial charge < -0.3 is 15.5 Å². The quantitative estimate of drug-likeness (QED) is 0.806. The molecule has 0 bridgehead atoms. The molecule has 6 nitrogen and oxygen atoms in total. The first kappa shape index (κ1) is 19.1. The third-order valence-electron chi connectivity index (χ3n) is 3.53. The van der Waals surface area contributed by atoms with Crippen LogP contribution in [-0.2, 0) is 9.59 Å². The summed E-state index contributed by atoms with van der Waals surface area (Å²) >= 11 is 1.56. The van der Waals surface area contributed by atoms with Crippen LogP contribution in [0.15, 0.2) is 36.9 Å². The molecule has 1 unspecified atom stereocenters. The van der Waals surface area contributed by atoms with Crippen LogP contribution in [-0.4, -0.2) is 45.8 Å². The van der Waals surface area contributed by atoms with E-state index in [0.717, 1.165) is 0 Å². The van der Waals surface area contributed by atoms with E-state index in [9.17, 15) is 14.4 Å². The minimum atomic E-state index is -0.475. The molecule has 1 atom stereocenters. The largest absolute Gasteiger partial charge is 0.350 e. The molecule has 0 spiro atoms. The molecule has 0 radical (unpaired) electrons. The predicted octanol–water partition coefficient (Wildman–Crippen LogP) is 2.24. The molecule has 1 aromatic rings. The smallest absolute Gasteiger partial charge is 0.255 e. The summed E-state index contributed by atoms with van der Waals surface area (Å²) in [4.78, 5) is 38.1. The van der Waals surface area contributed by atoms with Crippen molar-refractivity contribution in [3.63, 3.8) is 0 Å². The molecule has 3 amide bonds. The molecule has 1 aliphatic rings. The van der Waals surface area contributed by atoms with Gasteiger partial charge in [-0.05, 0) is 51.1 Å². The number of amides is 3. The van der Waals surface area contributed by atoms with Crippen LogP contribution in [0.2, 0.25) is 0 Å². The van der Waals surface area contributed by atoms with Gasteiger partial charge in [0, 0.05) is 22.5 Å². The van der Waals surface area contributed by atoms with Crippen molar-refractivity contribution in [2.24, 2.45) is 0 Å². The minimum absolute atomic E-state index is 0.138. The fourth-order valence-electron chi connectivity index (χ4n) is 2.37. The molecule has 134 valence electrons. The van der Waals surface area contributed by atoms with Crippen molar-refractivity contribution in [2.45, 2.75) is 32.4 Å². The third kappa shape index (κ3) is 5.09. The summed E-state index contributed by atoms with van der Waals surface area (Å²) in [5.41, 5.74) is 0.719. The van der Waals surface area contributed by atoms with Crippen molar-refractivity contribution in [1.29, 1.82) is 0 Å². The van der Waals surface area contributed by atoms with Crippen LogP contribution >= 0.6 is 11.8 Å². The number of nitrogens with one attached hydrogen (secondary N) is 2. The summed E-state index contributed by atoms with van der Waals surface area (Å²) in [6.07, 6.45) is 1.18. The molecule has 2 N–H and O–H groups in total. The highest BCUT2D eigenvalue weighted by Gasteiger charge is 2.36. The van der Waals surface area contributed by atoms with Crippen LogP contribution in [0, 0.1) is 0 Å². The number of hydrogen-bond acceptors (Lipinski definition) is 4. The summed E-state index contributed by atoms with van der Waals surface area (Å²) in [6.45, 7) is 9.13. The summed E-state index contributed by atoms with van der Waals surface area (Å²) in [5, 5.41) is 5.56. The van der Waals surface area contributed by atoms with Gasteiger partial charge in [0.25, 0.3) is 5.91 Å². The van der Waals surface area contributed by atoms with Crippen LogP contribution in [0.25, 0.3) is 0 Å². The number of rotatable bonds is 4. The Balaban J connectivity index is 2.09. The molecular weight excluding hydrogens is 338 g/mol. The summed E-state index contributed by atoms with van der Waals surface area (Å²) in [5.74, 6) is 0.423. The highest BCUT2D eigenvalue weighted by molar-refractivity contribution is 7.99. The highest BCUT2D eigenvalue weighted by Crippen LogP contribution is 2.24. The Morgan fingerprint density at radius 1 is 1.24 bits per heavy atom.